The second-order valence-electron chi connectivity index (χ2n) is 4.82. The average Bonchev–Trinajstić information content (AvgIpc) is 2.65. The Morgan fingerprint density at radius 1 is 1.06 bits per heavy atom. The van der Waals surface area contributed by atoms with E-state index in [1.54, 1.807) is 12.1 Å². The SMILES string of the molecule is O=C(OCC1CCCCCC1)c1ccccc1. The molecule has 1 aromatic rings. The molecule has 0 unspecified atom stereocenters. The third-order valence-corrected chi connectivity index (χ3v) is 3.43. The van der Waals surface area contributed by atoms with Crippen molar-refractivity contribution in [3.8, 4) is 0 Å². The molecule has 2 rings (SSSR count). The van der Waals surface area contributed by atoms with Gasteiger partial charge in [-0.2, -0.15) is 0 Å². The summed E-state index contributed by atoms with van der Waals surface area (Å²) >= 11 is 0. The van der Waals surface area contributed by atoms with Gasteiger partial charge in [0, 0.05) is 0 Å². The van der Waals surface area contributed by atoms with E-state index in [0.717, 1.165) is 0 Å². The first-order chi connectivity index (χ1) is 8.36. The Hall–Kier alpha value is -1.31. The van der Waals surface area contributed by atoms with Gasteiger partial charge in [0.1, 0.15) is 0 Å². The molecule has 0 spiro atoms. The van der Waals surface area contributed by atoms with Crippen LogP contribution in [0.2, 0.25) is 0 Å². The van der Waals surface area contributed by atoms with Crippen molar-refractivity contribution in [1.82, 2.24) is 0 Å². The van der Waals surface area contributed by atoms with Gasteiger partial charge in [-0.1, -0.05) is 43.9 Å². The Kier molecular flexibility index (Phi) is 4.60. The molecule has 0 bridgehead atoms. The van der Waals surface area contributed by atoms with Gasteiger partial charge in [-0.25, -0.2) is 4.79 Å². The third-order valence-electron chi connectivity index (χ3n) is 3.43. The average molecular weight is 232 g/mol. The molecule has 2 heteroatoms. The maximum absolute atomic E-state index is 11.8. The van der Waals surface area contributed by atoms with Crippen molar-refractivity contribution >= 4 is 5.97 Å². The van der Waals surface area contributed by atoms with Gasteiger partial charge in [0.15, 0.2) is 0 Å². The summed E-state index contributed by atoms with van der Waals surface area (Å²) in [4.78, 5) is 11.8. The predicted octanol–water partition coefficient (Wildman–Crippen LogP) is 3.81. The van der Waals surface area contributed by atoms with Gasteiger partial charge < -0.3 is 4.74 Å². The Bertz CT molecular complexity index is 337. The molecule has 0 heterocycles. The molecule has 1 saturated carbocycles. The fraction of sp³-hybridized carbons (Fsp3) is 0.533. The number of rotatable bonds is 3. The monoisotopic (exact) mass is 232 g/mol. The summed E-state index contributed by atoms with van der Waals surface area (Å²) in [5.41, 5.74) is 0.654. The molecule has 0 aromatic heterocycles. The second kappa shape index (κ2) is 6.43. The van der Waals surface area contributed by atoms with Gasteiger partial charge in [0.2, 0.25) is 0 Å². The van der Waals surface area contributed by atoms with Crippen LogP contribution in [-0.2, 0) is 4.74 Å². The van der Waals surface area contributed by atoms with E-state index in [9.17, 15) is 4.79 Å². The van der Waals surface area contributed by atoms with Crippen molar-refractivity contribution in [2.45, 2.75) is 38.5 Å². The van der Waals surface area contributed by atoms with Gasteiger partial charge in [-0.05, 0) is 30.9 Å². The molecular weight excluding hydrogens is 212 g/mol. The summed E-state index contributed by atoms with van der Waals surface area (Å²) < 4.78 is 5.38. The molecule has 0 N–H and O–H groups in total. The molecule has 2 nitrogen and oxygen atoms in total. The summed E-state index contributed by atoms with van der Waals surface area (Å²) in [7, 11) is 0. The van der Waals surface area contributed by atoms with Crippen LogP contribution in [0.15, 0.2) is 30.3 Å². The molecule has 0 atom stereocenters. The number of benzene rings is 1. The van der Waals surface area contributed by atoms with Crippen LogP contribution in [-0.4, -0.2) is 12.6 Å². The first-order valence-electron chi connectivity index (χ1n) is 6.58. The van der Waals surface area contributed by atoms with E-state index < -0.39 is 0 Å². The predicted molar refractivity (Wildman–Crippen MR) is 67.9 cm³/mol. The lowest BCUT2D eigenvalue weighted by Gasteiger charge is -2.13. The fourth-order valence-corrected chi connectivity index (χ4v) is 2.38. The van der Waals surface area contributed by atoms with Gasteiger partial charge in [0.05, 0.1) is 12.2 Å². The van der Waals surface area contributed by atoms with Crippen LogP contribution in [0.25, 0.3) is 0 Å². The van der Waals surface area contributed by atoms with E-state index in [4.69, 9.17) is 4.74 Å². The van der Waals surface area contributed by atoms with Crippen LogP contribution < -0.4 is 0 Å². The maximum atomic E-state index is 11.8. The minimum atomic E-state index is -0.185. The Balaban J connectivity index is 1.79. The lowest BCUT2D eigenvalue weighted by Crippen LogP contribution is -2.13. The molecule has 17 heavy (non-hydrogen) atoms. The normalized spacial score (nSPS) is 17.4. The smallest absolute Gasteiger partial charge is 0.338 e. The van der Waals surface area contributed by atoms with Crippen LogP contribution in [0.3, 0.4) is 0 Å². The highest BCUT2D eigenvalue weighted by molar-refractivity contribution is 5.89. The van der Waals surface area contributed by atoms with Gasteiger partial charge in [-0.15, -0.1) is 0 Å². The van der Waals surface area contributed by atoms with Crippen molar-refractivity contribution in [3.63, 3.8) is 0 Å². The van der Waals surface area contributed by atoms with Crippen LogP contribution in [0.5, 0.6) is 0 Å². The molecule has 0 radical (unpaired) electrons. The van der Waals surface area contributed by atoms with E-state index in [2.05, 4.69) is 0 Å². The third kappa shape index (κ3) is 3.88. The van der Waals surface area contributed by atoms with Gasteiger partial charge >= 0.3 is 5.97 Å². The van der Waals surface area contributed by atoms with Crippen molar-refractivity contribution in [2.24, 2.45) is 5.92 Å². The highest BCUT2D eigenvalue weighted by Crippen LogP contribution is 2.23. The standard InChI is InChI=1S/C15H20O2/c16-15(14-10-6-3-7-11-14)17-12-13-8-4-1-2-5-9-13/h3,6-7,10-11,13H,1-2,4-5,8-9,12H2. The molecule has 0 amide bonds. The van der Waals surface area contributed by atoms with E-state index in [1.807, 2.05) is 18.2 Å². The fourth-order valence-electron chi connectivity index (χ4n) is 2.38. The molecule has 0 saturated heterocycles. The first kappa shape index (κ1) is 12.2. The zero-order valence-electron chi connectivity index (χ0n) is 10.2. The number of carbonyl (C=O) groups excluding carboxylic acids is 1. The summed E-state index contributed by atoms with van der Waals surface area (Å²) in [6.45, 7) is 0.591. The van der Waals surface area contributed by atoms with Crippen LogP contribution in [0, 0.1) is 5.92 Å². The highest BCUT2D eigenvalue weighted by atomic mass is 16.5. The van der Waals surface area contributed by atoms with E-state index >= 15 is 0 Å². The van der Waals surface area contributed by atoms with Crippen molar-refractivity contribution in [2.75, 3.05) is 6.61 Å². The number of ether oxygens (including phenoxy) is 1. The zero-order valence-corrected chi connectivity index (χ0v) is 10.2. The molecular formula is C15H20O2. The summed E-state index contributed by atoms with van der Waals surface area (Å²) in [6, 6.07) is 9.23. The summed E-state index contributed by atoms with van der Waals surface area (Å²) in [5.74, 6) is 0.389. The number of esters is 1. The van der Waals surface area contributed by atoms with Gasteiger partial charge in [0.25, 0.3) is 0 Å². The lowest BCUT2D eigenvalue weighted by atomic mass is 10.0. The van der Waals surface area contributed by atoms with Crippen molar-refractivity contribution in [3.05, 3.63) is 35.9 Å². The largest absolute Gasteiger partial charge is 0.462 e. The number of carbonyl (C=O) groups is 1. The molecule has 1 aromatic carbocycles. The minimum Gasteiger partial charge on any atom is -0.462 e. The summed E-state index contributed by atoms with van der Waals surface area (Å²) in [5, 5.41) is 0. The molecule has 1 fully saturated rings. The topological polar surface area (TPSA) is 26.3 Å². The first-order valence-corrected chi connectivity index (χ1v) is 6.58. The zero-order chi connectivity index (χ0) is 11.9. The van der Waals surface area contributed by atoms with E-state index in [1.165, 1.54) is 38.5 Å². The lowest BCUT2D eigenvalue weighted by molar-refractivity contribution is 0.0428. The highest BCUT2D eigenvalue weighted by Gasteiger charge is 2.15. The number of hydrogen-bond acceptors (Lipinski definition) is 2. The quantitative estimate of drug-likeness (QED) is 0.585. The maximum Gasteiger partial charge on any atom is 0.338 e. The van der Waals surface area contributed by atoms with Crippen molar-refractivity contribution < 1.29 is 9.53 Å². The molecule has 1 aliphatic rings. The second-order valence-corrected chi connectivity index (χ2v) is 4.82. The van der Waals surface area contributed by atoms with Crippen molar-refractivity contribution in [1.29, 1.82) is 0 Å². The van der Waals surface area contributed by atoms with E-state index in [0.29, 0.717) is 18.1 Å². The number of hydrogen-bond donors (Lipinski definition) is 0. The van der Waals surface area contributed by atoms with Gasteiger partial charge in [-0.3, -0.25) is 0 Å². The molecule has 92 valence electrons. The van der Waals surface area contributed by atoms with Crippen LogP contribution >= 0.6 is 0 Å². The minimum absolute atomic E-state index is 0.185. The molecule has 1 aliphatic carbocycles. The van der Waals surface area contributed by atoms with E-state index in [-0.39, 0.29) is 5.97 Å². The Labute approximate surface area is 103 Å². The Morgan fingerprint density at radius 2 is 1.71 bits per heavy atom. The van der Waals surface area contributed by atoms with Crippen LogP contribution in [0.1, 0.15) is 48.9 Å². The molecule has 0 aliphatic heterocycles. The Morgan fingerprint density at radius 3 is 2.35 bits per heavy atom. The van der Waals surface area contributed by atoms with Crippen LogP contribution in [0.4, 0.5) is 0 Å². The summed E-state index contributed by atoms with van der Waals surface area (Å²) in [6.07, 6.45) is 7.66.